The Balaban J connectivity index is 2.57. The van der Waals surface area contributed by atoms with Crippen molar-refractivity contribution in [3.8, 4) is 5.75 Å². The molecule has 0 aliphatic heterocycles. The molecule has 0 aromatic carbocycles. The Labute approximate surface area is 115 Å². The molecule has 0 aliphatic rings. The van der Waals surface area contributed by atoms with E-state index in [4.69, 9.17) is 4.74 Å². The first-order chi connectivity index (χ1) is 8.06. The Morgan fingerprint density at radius 1 is 1.59 bits per heavy atom. The van der Waals surface area contributed by atoms with Crippen LogP contribution in [0.2, 0.25) is 0 Å². The molecular weight excluding hydrogens is 302 g/mol. The predicted molar refractivity (Wildman–Crippen MR) is 75.4 cm³/mol. The predicted octanol–water partition coefficient (Wildman–Crippen LogP) is 3.30. The topological polar surface area (TPSA) is 38.3 Å². The molecule has 0 saturated carbocycles. The molecule has 1 aromatic heterocycles. The van der Waals surface area contributed by atoms with E-state index in [1.807, 2.05) is 5.38 Å². The molecular formula is C12H18BrNO2S. The molecule has 0 fully saturated rings. The molecule has 96 valence electrons. The van der Waals surface area contributed by atoms with Crippen molar-refractivity contribution in [2.75, 3.05) is 12.4 Å². The Bertz CT molecular complexity index is 365. The van der Waals surface area contributed by atoms with Crippen LogP contribution in [0.4, 0.5) is 0 Å². The first-order valence-corrected chi connectivity index (χ1v) is 7.56. The largest absolute Gasteiger partial charge is 0.496 e. The van der Waals surface area contributed by atoms with Gasteiger partial charge in [0.1, 0.15) is 5.75 Å². The fraction of sp³-hybridized carbons (Fsp3) is 0.583. The number of nitrogens with one attached hydrogen (secondary N) is 1. The Kier molecular flexibility index (Phi) is 5.98. The fourth-order valence-corrected chi connectivity index (χ4v) is 2.71. The SMILES string of the molecule is COc1csc(C(=O)NC(CBr)CC(C)C)c1. The maximum absolute atomic E-state index is 11.9. The highest BCUT2D eigenvalue weighted by Gasteiger charge is 2.15. The van der Waals surface area contributed by atoms with Gasteiger partial charge in [0.2, 0.25) is 0 Å². The summed E-state index contributed by atoms with van der Waals surface area (Å²) in [6.07, 6.45) is 0.972. The van der Waals surface area contributed by atoms with Gasteiger partial charge in [-0.3, -0.25) is 4.79 Å². The van der Waals surface area contributed by atoms with Crippen molar-refractivity contribution >= 4 is 33.2 Å². The summed E-state index contributed by atoms with van der Waals surface area (Å²) < 4.78 is 5.06. The van der Waals surface area contributed by atoms with E-state index >= 15 is 0 Å². The highest BCUT2D eigenvalue weighted by molar-refractivity contribution is 9.09. The summed E-state index contributed by atoms with van der Waals surface area (Å²) in [5.74, 6) is 1.28. The lowest BCUT2D eigenvalue weighted by atomic mass is 10.1. The number of methoxy groups -OCH3 is 1. The van der Waals surface area contributed by atoms with Crippen molar-refractivity contribution < 1.29 is 9.53 Å². The number of hydrogen-bond donors (Lipinski definition) is 1. The number of carbonyl (C=O) groups is 1. The van der Waals surface area contributed by atoms with Crippen LogP contribution in [-0.2, 0) is 0 Å². The van der Waals surface area contributed by atoms with Crippen LogP contribution in [0, 0.1) is 5.92 Å². The lowest BCUT2D eigenvalue weighted by Gasteiger charge is -2.17. The first kappa shape index (κ1) is 14.5. The number of hydrogen-bond acceptors (Lipinski definition) is 3. The number of halogens is 1. The molecule has 3 nitrogen and oxygen atoms in total. The van der Waals surface area contributed by atoms with Crippen LogP contribution in [0.5, 0.6) is 5.75 Å². The van der Waals surface area contributed by atoms with Crippen molar-refractivity contribution in [1.29, 1.82) is 0 Å². The Hall–Kier alpha value is -0.550. The Morgan fingerprint density at radius 2 is 2.29 bits per heavy atom. The minimum absolute atomic E-state index is 0.0246. The van der Waals surface area contributed by atoms with Gasteiger partial charge in [-0.25, -0.2) is 0 Å². The van der Waals surface area contributed by atoms with Crippen molar-refractivity contribution in [2.24, 2.45) is 5.92 Å². The van der Waals surface area contributed by atoms with Gasteiger partial charge in [-0.15, -0.1) is 11.3 Å². The molecule has 1 aromatic rings. The van der Waals surface area contributed by atoms with E-state index in [2.05, 4.69) is 35.1 Å². The van der Waals surface area contributed by atoms with Gasteiger partial charge < -0.3 is 10.1 Å². The zero-order valence-electron chi connectivity index (χ0n) is 10.3. The van der Waals surface area contributed by atoms with E-state index in [9.17, 15) is 4.79 Å². The Morgan fingerprint density at radius 3 is 2.76 bits per heavy atom. The summed E-state index contributed by atoms with van der Waals surface area (Å²) in [5, 5.41) is 5.63. The second-order valence-electron chi connectivity index (χ2n) is 4.31. The van der Waals surface area contributed by atoms with Gasteiger partial charge in [0.25, 0.3) is 5.91 Å². The molecule has 1 rings (SSSR count). The normalized spacial score (nSPS) is 12.5. The third-order valence-electron chi connectivity index (χ3n) is 2.31. The molecule has 1 N–H and O–H groups in total. The molecule has 5 heteroatoms. The highest BCUT2D eigenvalue weighted by Crippen LogP contribution is 2.21. The van der Waals surface area contributed by atoms with Gasteiger partial charge in [-0.1, -0.05) is 29.8 Å². The average Bonchev–Trinajstić information content (AvgIpc) is 2.75. The molecule has 1 amide bonds. The lowest BCUT2D eigenvalue weighted by Crippen LogP contribution is -2.36. The number of amides is 1. The van der Waals surface area contributed by atoms with Crippen molar-refractivity contribution in [3.05, 3.63) is 16.3 Å². The number of rotatable bonds is 6. The van der Waals surface area contributed by atoms with Crippen molar-refractivity contribution in [1.82, 2.24) is 5.32 Å². The van der Waals surface area contributed by atoms with Gasteiger partial charge in [0, 0.05) is 22.8 Å². The van der Waals surface area contributed by atoms with Crippen LogP contribution in [0.3, 0.4) is 0 Å². The van der Waals surface area contributed by atoms with E-state index in [1.165, 1.54) is 11.3 Å². The number of thiophene rings is 1. The van der Waals surface area contributed by atoms with Crippen molar-refractivity contribution in [3.63, 3.8) is 0 Å². The lowest BCUT2D eigenvalue weighted by molar-refractivity contribution is 0.0941. The molecule has 1 atom stereocenters. The average molecular weight is 320 g/mol. The van der Waals surface area contributed by atoms with Crippen LogP contribution in [0.25, 0.3) is 0 Å². The van der Waals surface area contributed by atoms with Gasteiger partial charge >= 0.3 is 0 Å². The summed E-state index contributed by atoms with van der Waals surface area (Å²) in [6, 6.07) is 1.94. The second-order valence-corrected chi connectivity index (χ2v) is 5.86. The summed E-state index contributed by atoms with van der Waals surface area (Å²) in [6.45, 7) is 4.30. The summed E-state index contributed by atoms with van der Waals surface area (Å²) in [4.78, 5) is 12.6. The summed E-state index contributed by atoms with van der Waals surface area (Å²) >= 11 is 4.83. The van der Waals surface area contributed by atoms with Gasteiger partial charge in [-0.2, -0.15) is 0 Å². The third kappa shape index (κ3) is 4.68. The third-order valence-corrected chi connectivity index (χ3v) is 4.00. The van der Waals surface area contributed by atoms with E-state index in [1.54, 1.807) is 13.2 Å². The molecule has 0 radical (unpaired) electrons. The molecule has 1 unspecified atom stereocenters. The van der Waals surface area contributed by atoms with Crippen molar-refractivity contribution in [2.45, 2.75) is 26.3 Å². The van der Waals surface area contributed by atoms with Crippen LogP contribution in [-0.4, -0.2) is 24.4 Å². The summed E-state index contributed by atoms with van der Waals surface area (Å²) in [7, 11) is 1.60. The first-order valence-electron chi connectivity index (χ1n) is 5.56. The molecule has 0 spiro atoms. The molecule has 0 aliphatic carbocycles. The molecule has 0 saturated heterocycles. The fourth-order valence-electron chi connectivity index (χ4n) is 1.53. The number of alkyl halides is 1. The minimum atomic E-state index is -0.0246. The molecule has 0 bridgehead atoms. The van der Waals surface area contributed by atoms with Crippen LogP contribution < -0.4 is 10.1 Å². The second kappa shape index (κ2) is 7.01. The van der Waals surface area contributed by atoms with Crippen LogP contribution in [0.15, 0.2) is 11.4 Å². The van der Waals surface area contributed by atoms with E-state index < -0.39 is 0 Å². The summed E-state index contributed by atoms with van der Waals surface area (Å²) in [5.41, 5.74) is 0. The highest BCUT2D eigenvalue weighted by atomic mass is 79.9. The number of ether oxygens (including phenoxy) is 1. The van der Waals surface area contributed by atoms with E-state index in [-0.39, 0.29) is 11.9 Å². The van der Waals surface area contributed by atoms with Gasteiger partial charge in [-0.05, 0) is 12.3 Å². The minimum Gasteiger partial charge on any atom is -0.496 e. The smallest absolute Gasteiger partial charge is 0.261 e. The zero-order chi connectivity index (χ0) is 12.8. The zero-order valence-corrected chi connectivity index (χ0v) is 12.7. The monoisotopic (exact) mass is 319 g/mol. The quantitative estimate of drug-likeness (QED) is 0.817. The maximum atomic E-state index is 11.9. The van der Waals surface area contributed by atoms with E-state index in [0.29, 0.717) is 10.8 Å². The van der Waals surface area contributed by atoms with Crippen LogP contribution in [0.1, 0.15) is 29.9 Å². The van der Waals surface area contributed by atoms with E-state index in [0.717, 1.165) is 17.5 Å². The van der Waals surface area contributed by atoms with Crippen LogP contribution >= 0.6 is 27.3 Å². The molecule has 1 heterocycles. The molecule has 17 heavy (non-hydrogen) atoms. The van der Waals surface area contributed by atoms with Gasteiger partial charge in [0.15, 0.2) is 0 Å². The standard InChI is InChI=1S/C12H18BrNO2S/c1-8(2)4-9(6-13)14-12(15)11-5-10(16-3)7-17-11/h5,7-9H,4,6H2,1-3H3,(H,14,15). The number of carbonyl (C=O) groups excluding carboxylic acids is 1. The maximum Gasteiger partial charge on any atom is 0.261 e. The van der Waals surface area contributed by atoms with Gasteiger partial charge in [0.05, 0.1) is 12.0 Å².